The molecule has 0 aromatic carbocycles. The van der Waals surface area contributed by atoms with Crippen LogP contribution in [0.25, 0.3) is 0 Å². The van der Waals surface area contributed by atoms with Crippen LogP contribution in [0.15, 0.2) is 0 Å². The van der Waals surface area contributed by atoms with E-state index in [1.807, 2.05) is 13.8 Å². The van der Waals surface area contributed by atoms with E-state index < -0.39 is 12.0 Å². The van der Waals surface area contributed by atoms with Crippen LogP contribution in [0.5, 0.6) is 0 Å². The van der Waals surface area contributed by atoms with Gasteiger partial charge in [-0.05, 0) is 31.8 Å². The molecule has 1 unspecified atom stereocenters. The number of carboxylic acid groups (broad SMARTS) is 1. The van der Waals surface area contributed by atoms with Gasteiger partial charge in [-0.3, -0.25) is 4.79 Å². The highest BCUT2D eigenvalue weighted by molar-refractivity contribution is 7.99. The molecule has 0 spiro atoms. The fourth-order valence-corrected chi connectivity index (χ4v) is 2.54. The van der Waals surface area contributed by atoms with Gasteiger partial charge in [-0.2, -0.15) is 11.8 Å². The second kappa shape index (κ2) is 12.0. The quantitative estimate of drug-likeness (QED) is 0.420. The number of aliphatic carboxylic acids is 1. The third kappa shape index (κ3) is 10.1. The molecule has 0 saturated heterocycles. The van der Waals surface area contributed by atoms with Gasteiger partial charge in [0.1, 0.15) is 6.04 Å². The Kier molecular flexibility index (Phi) is 11.5. The Hall–Kier alpha value is -0.790. The average molecular weight is 307 g/mol. The number of thioether (sulfide) groups is 1. The molecule has 0 aliphatic heterocycles. The minimum absolute atomic E-state index is 0.192. The predicted octanol–water partition coefficient (Wildman–Crippen LogP) is 1.49. The maximum atomic E-state index is 10.9. The lowest BCUT2D eigenvalue weighted by Gasteiger charge is -2.17. The van der Waals surface area contributed by atoms with E-state index in [0.29, 0.717) is 25.4 Å². The first-order valence-electron chi connectivity index (χ1n) is 6.82. The minimum atomic E-state index is -0.998. The molecule has 0 aliphatic rings. The van der Waals surface area contributed by atoms with Crippen LogP contribution in [-0.4, -0.2) is 54.0 Å². The van der Waals surface area contributed by atoms with Gasteiger partial charge in [0.2, 0.25) is 5.91 Å². The molecule has 0 radical (unpaired) electrons. The van der Waals surface area contributed by atoms with E-state index in [4.69, 9.17) is 14.6 Å². The van der Waals surface area contributed by atoms with Crippen LogP contribution in [0.3, 0.4) is 0 Å². The average Bonchev–Trinajstić information content (AvgIpc) is 2.36. The van der Waals surface area contributed by atoms with Gasteiger partial charge in [-0.25, -0.2) is 4.79 Å². The number of nitrogens with one attached hydrogen (secondary N) is 1. The van der Waals surface area contributed by atoms with Crippen LogP contribution < -0.4 is 5.32 Å². The van der Waals surface area contributed by atoms with Crippen LogP contribution in [0.1, 0.15) is 33.6 Å². The molecule has 0 rings (SSSR count). The van der Waals surface area contributed by atoms with Crippen molar-refractivity contribution in [3.8, 4) is 0 Å². The van der Waals surface area contributed by atoms with Crippen molar-refractivity contribution in [1.29, 1.82) is 0 Å². The Morgan fingerprint density at radius 1 is 1.15 bits per heavy atom. The molecular formula is C13H25NO5S. The molecule has 6 nitrogen and oxygen atoms in total. The lowest BCUT2D eigenvalue weighted by Crippen LogP contribution is -2.39. The number of hydrogen-bond donors (Lipinski definition) is 2. The molecule has 20 heavy (non-hydrogen) atoms. The fraction of sp³-hybridized carbons (Fsp3) is 0.846. The largest absolute Gasteiger partial charge is 0.480 e. The molecule has 0 aliphatic carbocycles. The summed E-state index contributed by atoms with van der Waals surface area (Å²) in [5.74, 6) is 0.178. The second-order valence-electron chi connectivity index (χ2n) is 4.12. The molecule has 0 aromatic rings. The zero-order valence-electron chi connectivity index (χ0n) is 12.4. The first-order valence-corrected chi connectivity index (χ1v) is 7.97. The number of rotatable bonds is 12. The van der Waals surface area contributed by atoms with Gasteiger partial charge >= 0.3 is 5.97 Å². The van der Waals surface area contributed by atoms with Crippen LogP contribution >= 0.6 is 11.8 Å². The molecule has 0 heterocycles. The molecule has 0 saturated carbocycles. The summed E-state index contributed by atoms with van der Waals surface area (Å²) in [5.41, 5.74) is 0. The summed E-state index contributed by atoms with van der Waals surface area (Å²) >= 11 is 1.63. The minimum Gasteiger partial charge on any atom is -0.480 e. The normalized spacial score (nSPS) is 12.4. The standard InChI is InChI=1S/C13H25NO5S/c1-4-18-12(19-5-2)7-9-20-8-6-11(13(16)17)14-10(3)15/h11-12H,4-9H2,1-3H3,(H,14,15)(H,16,17). The van der Waals surface area contributed by atoms with Crippen molar-refractivity contribution in [2.75, 3.05) is 24.7 Å². The molecule has 0 bridgehead atoms. The van der Waals surface area contributed by atoms with Crippen molar-refractivity contribution in [3.05, 3.63) is 0 Å². The van der Waals surface area contributed by atoms with E-state index in [1.165, 1.54) is 6.92 Å². The van der Waals surface area contributed by atoms with Gasteiger partial charge in [0.05, 0.1) is 0 Å². The van der Waals surface area contributed by atoms with Gasteiger partial charge < -0.3 is 19.9 Å². The first-order chi connectivity index (χ1) is 9.51. The van der Waals surface area contributed by atoms with Crippen LogP contribution in [-0.2, 0) is 19.1 Å². The number of carboxylic acids is 1. The van der Waals surface area contributed by atoms with Crippen LogP contribution in [0.2, 0.25) is 0 Å². The summed E-state index contributed by atoms with van der Waals surface area (Å²) in [6.45, 7) is 6.38. The Balaban J connectivity index is 3.81. The zero-order valence-corrected chi connectivity index (χ0v) is 13.2. The summed E-state index contributed by atoms with van der Waals surface area (Å²) in [6, 6.07) is -0.811. The number of amides is 1. The van der Waals surface area contributed by atoms with Crippen LogP contribution in [0.4, 0.5) is 0 Å². The summed E-state index contributed by atoms with van der Waals surface area (Å²) in [5, 5.41) is 11.4. The third-order valence-corrected chi connectivity index (χ3v) is 3.48. The van der Waals surface area contributed by atoms with E-state index >= 15 is 0 Å². The highest BCUT2D eigenvalue weighted by Gasteiger charge is 2.17. The number of carbonyl (C=O) groups is 2. The Morgan fingerprint density at radius 3 is 2.15 bits per heavy atom. The lowest BCUT2D eigenvalue weighted by atomic mass is 10.2. The molecule has 118 valence electrons. The smallest absolute Gasteiger partial charge is 0.326 e. The number of carbonyl (C=O) groups excluding carboxylic acids is 1. The summed E-state index contributed by atoms with van der Waals surface area (Å²) in [6.07, 6.45) is 0.987. The highest BCUT2D eigenvalue weighted by atomic mass is 32.2. The van der Waals surface area contributed by atoms with E-state index in [2.05, 4.69) is 5.32 Å². The topological polar surface area (TPSA) is 84.9 Å². The highest BCUT2D eigenvalue weighted by Crippen LogP contribution is 2.11. The SMILES string of the molecule is CCOC(CCSCCC(NC(C)=O)C(=O)O)OCC. The van der Waals surface area contributed by atoms with E-state index in [1.54, 1.807) is 11.8 Å². The van der Waals surface area contributed by atoms with Gasteiger partial charge in [-0.15, -0.1) is 0 Å². The molecule has 1 atom stereocenters. The van der Waals surface area contributed by atoms with Gasteiger partial charge in [0.25, 0.3) is 0 Å². The molecule has 7 heteroatoms. The van der Waals surface area contributed by atoms with Gasteiger partial charge in [0.15, 0.2) is 6.29 Å². The maximum absolute atomic E-state index is 10.9. The number of ether oxygens (including phenoxy) is 2. The molecular weight excluding hydrogens is 282 g/mol. The molecule has 0 fully saturated rings. The summed E-state index contributed by atoms with van der Waals surface area (Å²) in [4.78, 5) is 21.8. The third-order valence-electron chi connectivity index (χ3n) is 2.43. The summed E-state index contributed by atoms with van der Waals surface area (Å²) < 4.78 is 10.8. The first kappa shape index (κ1) is 19.2. The van der Waals surface area contributed by atoms with Gasteiger partial charge in [-0.1, -0.05) is 0 Å². The molecule has 0 aromatic heterocycles. The Morgan fingerprint density at radius 2 is 1.70 bits per heavy atom. The Labute approximate surface area is 124 Å². The van der Waals surface area contributed by atoms with E-state index in [0.717, 1.165) is 12.2 Å². The molecule has 2 N–H and O–H groups in total. The lowest BCUT2D eigenvalue weighted by molar-refractivity contribution is -0.141. The van der Waals surface area contributed by atoms with Crippen molar-refractivity contribution in [2.45, 2.75) is 45.9 Å². The molecule has 1 amide bonds. The van der Waals surface area contributed by atoms with E-state index in [9.17, 15) is 9.59 Å². The van der Waals surface area contributed by atoms with Crippen molar-refractivity contribution in [2.24, 2.45) is 0 Å². The Bertz CT molecular complexity index is 282. The van der Waals surface area contributed by atoms with E-state index in [-0.39, 0.29) is 12.2 Å². The zero-order chi connectivity index (χ0) is 15.4. The maximum Gasteiger partial charge on any atom is 0.326 e. The summed E-state index contributed by atoms with van der Waals surface area (Å²) in [7, 11) is 0. The predicted molar refractivity (Wildman–Crippen MR) is 78.8 cm³/mol. The van der Waals surface area contributed by atoms with Crippen molar-refractivity contribution in [3.63, 3.8) is 0 Å². The van der Waals surface area contributed by atoms with Crippen molar-refractivity contribution < 1.29 is 24.2 Å². The number of hydrogen-bond acceptors (Lipinski definition) is 5. The van der Waals surface area contributed by atoms with Gasteiger partial charge in [0, 0.05) is 26.6 Å². The monoisotopic (exact) mass is 307 g/mol. The fourth-order valence-electron chi connectivity index (χ4n) is 1.57. The van der Waals surface area contributed by atoms with Crippen molar-refractivity contribution >= 4 is 23.6 Å². The van der Waals surface area contributed by atoms with Crippen LogP contribution in [0, 0.1) is 0 Å². The second-order valence-corrected chi connectivity index (χ2v) is 5.35. The van der Waals surface area contributed by atoms with Crippen molar-refractivity contribution in [1.82, 2.24) is 5.32 Å².